The zero-order valence-electron chi connectivity index (χ0n) is 20.3. The van der Waals surface area contributed by atoms with Crippen molar-refractivity contribution in [2.24, 2.45) is 5.92 Å². The fourth-order valence-electron chi connectivity index (χ4n) is 5.23. The van der Waals surface area contributed by atoms with Gasteiger partial charge in [-0.1, -0.05) is 0 Å². The molecule has 2 amide bonds. The van der Waals surface area contributed by atoms with Crippen LogP contribution in [0.4, 0.5) is 20.6 Å². The molecule has 3 aromatic rings. The molecule has 1 aromatic carbocycles. The standard InChI is InChI=1S/C26H26FN5O5/c1-35-24-5-3-19-25(30-24)17(18(27)11-28-19)7-9-31-8-6-15-12-32(26(34)37-22(15)13-31)16-2-4-21-20(10-16)29-23(33)14-36-21/h2-5,10-11,15,22H,6-9,12-14H2,1H3,(H,29,33). The van der Waals surface area contributed by atoms with E-state index in [1.807, 2.05) is 0 Å². The number of hydrogen-bond acceptors (Lipinski definition) is 8. The van der Waals surface area contributed by atoms with Crippen LogP contribution in [0, 0.1) is 11.7 Å². The lowest BCUT2D eigenvalue weighted by molar-refractivity contribution is -0.118. The Morgan fingerprint density at radius 2 is 2.11 bits per heavy atom. The molecule has 2 fully saturated rings. The van der Waals surface area contributed by atoms with E-state index in [0.29, 0.717) is 65.7 Å². The smallest absolute Gasteiger partial charge is 0.414 e. The Bertz CT molecular complexity index is 1380. The van der Waals surface area contributed by atoms with Gasteiger partial charge in [-0.2, -0.15) is 0 Å². The van der Waals surface area contributed by atoms with Gasteiger partial charge in [-0.25, -0.2) is 14.2 Å². The van der Waals surface area contributed by atoms with Crippen molar-refractivity contribution in [3.8, 4) is 11.6 Å². The molecule has 2 atom stereocenters. The van der Waals surface area contributed by atoms with Gasteiger partial charge in [0.25, 0.3) is 5.91 Å². The SMILES string of the molecule is COc1ccc2ncc(F)c(CCN3CCC4CN(c5ccc6c(c5)NC(=O)CO6)C(=O)OC4C3)c2n1. The van der Waals surface area contributed by atoms with Crippen molar-refractivity contribution in [3.05, 3.63) is 47.9 Å². The monoisotopic (exact) mass is 507 g/mol. The van der Waals surface area contributed by atoms with Gasteiger partial charge in [-0.3, -0.25) is 19.6 Å². The first-order valence-electron chi connectivity index (χ1n) is 12.2. The summed E-state index contributed by atoms with van der Waals surface area (Å²) >= 11 is 0. The first-order valence-corrected chi connectivity index (χ1v) is 12.2. The maximum Gasteiger partial charge on any atom is 0.414 e. The highest BCUT2D eigenvalue weighted by atomic mass is 19.1. The van der Waals surface area contributed by atoms with Crippen LogP contribution in [0.1, 0.15) is 12.0 Å². The third kappa shape index (κ3) is 4.50. The number of hydrogen-bond donors (Lipinski definition) is 1. The van der Waals surface area contributed by atoms with Crippen molar-refractivity contribution >= 4 is 34.4 Å². The predicted molar refractivity (Wildman–Crippen MR) is 132 cm³/mol. The summed E-state index contributed by atoms with van der Waals surface area (Å²) in [6, 6.07) is 8.75. The van der Waals surface area contributed by atoms with Gasteiger partial charge in [0.2, 0.25) is 5.88 Å². The molecule has 5 heterocycles. The van der Waals surface area contributed by atoms with E-state index >= 15 is 0 Å². The Kier molecular flexibility index (Phi) is 5.99. The Morgan fingerprint density at radius 3 is 2.97 bits per heavy atom. The number of carbonyl (C=O) groups is 2. The Morgan fingerprint density at radius 1 is 1.22 bits per heavy atom. The Hall–Kier alpha value is -3.99. The maximum atomic E-state index is 14.7. The normalized spacial score (nSPS) is 21.5. The summed E-state index contributed by atoms with van der Waals surface area (Å²) in [5, 5.41) is 2.77. The minimum atomic E-state index is -0.423. The second-order valence-electron chi connectivity index (χ2n) is 9.46. The van der Waals surface area contributed by atoms with Crippen LogP contribution in [0.2, 0.25) is 0 Å². The third-order valence-corrected chi connectivity index (χ3v) is 7.20. The van der Waals surface area contributed by atoms with Crippen molar-refractivity contribution in [3.63, 3.8) is 0 Å². The van der Waals surface area contributed by atoms with Crippen molar-refractivity contribution in [1.82, 2.24) is 14.9 Å². The summed E-state index contributed by atoms with van der Waals surface area (Å²) in [6.07, 6.45) is 1.85. The first kappa shape index (κ1) is 23.4. The van der Waals surface area contributed by atoms with E-state index < -0.39 is 11.9 Å². The molecule has 0 aliphatic carbocycles. The van der Waals surface area contributed by atoms with Crippen LogP contribution < -0.4 is 19.7 Å². The van der Waals surface area contributed by atoms with E-state index in [0.717, 1.165) is 13.0 Å². The molecule has 0 bridgehead atoms. The molecule has 3 aliphatic rings. The molecule has 6 rings (SSSR count). The zero-order chi connectivity index (χ0) is 25.5. The van der Waals surface area contributed by atoms with Gasteiger partial charge in [0.1, 0.15) is 17.7 Å². The van der Waals surface area contributed by atoms with Gasteiger partial charge in [-0.05, 0) is 43.7 Å². The number of aromatic nitrogens is 2. The average Bonchev–Trinajstić information content (AvgIpc) is 2.91. The lowest BCUT2D eigenvalue weighted by Gasteiger charge is -2.44. The largest absolute Gasteiger partial charge is 0.482 e. The van der Waals surface area contributed by atoms with Crippen LogP contribution in [0.15, 0.2) is 36.5 Å². The van der Waals surface area contributed by atoms with Crippen molar-refractivity contribution in [1.29, 1.82) is 0 Å². The van der Waals surface area contributed by atoms with Crippen LogP contribution in [0.5, 0.6) is 11.6 Å². The highest BCUT2D eigenvalue weighted by Gasteiger charge is 2.40. The van der Waals surface area contributed by atoms with Crippen molar-refractivity contribution < 1.29 is 28.2 Å². The van der Waals surface area contributed by atoms with Crippen LogP contribution in [-0.2, 0) is 16.0 Å². The van der Waals surface area contributed by atoms with Gasteiger partial charge >= 0.3 is 6.09 Å². The maximum absolute atomic E-state index is 14.7. The topological polar surface area (TPSA) is 106 Å². The minimum Gasteiger partial charge on any atom is -0.482 e. The molecule has 0 radical (unpaired) electrons. The summed E-state index contributed by atoms with van der Waals surface area (Å²) in [7, 11) is 1.52. The number of likely N-dealkylation sites (tertiary alicyclic amines) is 1. The second kappa shape index (κ2) is 9.47. The van der Waals surface area contributed by atoms with E-state index in [-0.39, 0.29) is 24.5 Å². The highest BCUT2D eigenvalue weighted by molar-refractivity contribution is 5.97. The van der Waals surface area contributed by atoms with Crippen LogP contribution >= 0.6 is 0 Å². The number of carbonyl (C=O) groups excluding carboxylic acids is 2. The number of nitrogens with one attached hydrogen (secondary N) is 1. The van der Waals surface area contributed by atoms with E-state index in [1.54, 1.807) is 35.2 Å². The molecular weight excluding hydrogens is 481 g/mol. The Labute approximate surface area is 212 Å². The number of benzene rings is 1. The van der Waals surface area contributed by atoms with Gasteiger partial charge in [0.05, 0.1) is 30.0 Å². The summed E-state index contributed by atoms with van der Waals surface area (Å²) in [5.41, 5.74) is 2.81. The quantitative estimate of drug-likeness (QED) is 0.562. The van der Waals surface area contributed by atoms with Gasteiger partial charge in [-0.15, -0.1) is 0 Å². The lowest BCUT2D eigenvalue weighted by atomic mass is 9.91. The molecule has 192 valence electrons. The average molecular weight is 508 g/mol. The second-order valence-corrected chi connectivity index (χ2v) is 9.46. The molecule has 2 saturated heterocycles. The van der Waals surface area contributed by atoms with Crippen molar-refractivity contribution in [2.45, 2.75) is 18.9 Å². The highest BCUT2D eigenvalue weighted by Crippen LogP contribution is 2.35. The van der Waals surface area contributed by atoms with E-state index in [9.17, 15) is 14.0 Å². The fourth-order valence-corrected chi connectivity index (χ4v) is 5.23. The molecule has 2 aromatic heterocycles. The van der Waals surface area contributed by atoms with Crippen LogP contribution in [0.25, 0.3) is 11.0 Å². The molecule has 11 heteroatoms. The number of rotatable bonds is 5. The molecule has 0 saturated carbocycles. The number of ether oxygens (including phenoxy) is 3. The fraction of sp³-hybridized carbons (Fsp3) is 0.385. The first-order chi connectivity index (χ1) is 18.0. The predicted octanol–water partition coefficient (Wildman–Crippen LogP) is 3.00. The Balaban J connectivity index is 1.12. The van der Waals surface area contributed by atoms with E-state index in [1.165, 1.54) is 13.3 Å². The molecule has 10 nitrogen and oxygen atoms in total. The molecule has 0 spiro atoms. The number of piperidine rings is 1. The summed E-state index contributed by atoms with van der Waals surface area (Å²) in [6.45, 7) is 2.50. The summed E-state index contributed by atoms with van der Waals surface area (Å²) in [5.74, 6) is 0.532. The van der Waals surface area contributed by atoms with Crippen molar-refractivity contribution in [2.75, 3.05) is 50.1 Å². The lowest BCUT2D eigenvalue weighted by Crippen LogP contribution is -2.56. The van der Waals surface area contributed by atoms with E-state index in [2.05, 4.69) is 20.2 Å². The number of methoxy groups -OCH3 is 1. The third-order valence-electron chi connectivity index (χ3n) is 7.20. The summed E-state index contributed by atoms with van der Waals surface area (Å²) in [4.78, 5) is 36.9. The number of pyridine rings is 2. The van der Waals surface area contributed by atoms with Gasteiger partial charge in [0.15, 0.2) is 6.61 Å². The number of halogens is 1. The number of amides is 2. The number of fused-ring (bicyclic) bond motifs is 3. The van der Waals surface area contributed by atoms with E-state index in [4.69, 9.17) is 14.2 Å². The van der Waals surface area contributed by atoms with Gasteiger partial charge in [0, 0.05) is 42.9 Å². The zero-order valence-corrected chi connectivity index (χ0v) is 20.3. The minimum absolute atomic E-state index is 0.0207. The van der Waals surface area contributed by atoms with Crippen LogP contribution in [-0.4, -0.2) is 72.9 Å². The molecule has 1 N–H and O–H groups in total. The number of anilines is 2. The molecule has 37 heavy (non-hydrogen) atoms. The number of nitrogens with zero attached hydrogens (tertiary/aromatic N) is 4. The van der Waals surface area contributed by atoms with Gasteiger partial charge < -0.3 is 19.5 Å². The molecular formula is C26H26FN5O5. The molecule has 2 unspecified atom stereocenters. The van der Waals surface area contributed by atoms with Crippen LogP contribution in [0.3, 0.4) is 0 Å². The summed E-state index contributed by atoms with van der Waals surface area (Å²) < 4.78 is 31.2. The molecule has 3 aliphatic heterocycles.